The monoisotopic (exact) mass is 493 g/mol. The second-order valence-electron chi connectivity index (χ2n) is 8.10. The van der Waals surface area contributed by atoms with Crippen molar-refractivity contribution in [3.05, 3.63) is 90.0 Å². The van der Waals surface area contributed by atoms with E-state index in [4.69, 9.17) is 4.74 Å². The largest absolute Gasteiger partial charge is 0.477 e. The fraction of sp³-hybridized carbons (Fsp3) is 0.231. The molecule has 0 saturated heterocycles. The zero-order chi connectivity index (χ0) is 24.8. The number of sulfonamides is 1. The number of amides is 2. The number of carbonyl (C=O) groups is 2. The van der Waals surface area contributed by atoms with Crippen molar-refractivity contribution < 1.29 is 22.7 Å². The molecule has 9 heteroatoms. The van der Waals surface area contributed by atoms with Crippen LogP contribution in [-0.2, 0) is 21.2 Å². The first-order chi connectivity index (χ1) is 16.9. The Hall–Kier alpha value is -3.85. The van der Waals surface area contributed by atoms with Crippen LogP contribution in [0.1, 0.15) is 22.8 Å². The summed E-state index contributed by atoms with van der Waals surface area (Å²) < 4.78 is 32.0. The molecule has 0 fully saturated rings. The number of carbonyl (C=O) groups excluding carboxylic acids is 2. The van der Waals surface area contributed by atoms with Crippen molar-refractivity contribution in [3.63, 3.8) is 0 Å². The number of nitrogens with one attached hydrogen (secondary N) is 2. The number of para-hydroxylation sites is 2. The molecule has 4 rings (SSSR count). The number of fused-ring (bicyclic) bond motifs is 1. The van der Waals surface area contributed by atoms with Crippen molar-refractivity contribution in [2.75, 3.05) is 28.5 Å². The van der Waals surface area contributed by atoms with E-state index >= 15 is 0 Å². The van der Waals surface area contributed by atoms with Crippen LogP contribution in [0.2, 0.25) is 0 Å². The SMILES string of the molecule is CCS(=O)(=O)Nc1ccc(C(=O)N2C[C@@H](C(=O)NCCc3ccccc3)Oc3ccccc32)cc1. The van der Waals surface area contributed by atoms with E-state index in [0.717, 1.165) is 5.56 Å². The van der Waals surface area contributed by atoms with Gasteiger partial charge in [0, 0.05) is 17.8 Å². The van der Waals surface area contributed by atoms with E-state index in [0.29, 0.717) is 35.7 Å². The van der Waals surface area contributed by atoms with Crippen molar-refractivity contribution in [3.8, 4) is 5.75 Å². The number of rotatable bonds is 8. The summed E-state index contributed by atoms with van der Waals surface area (Å²) in [6, 6.07) is 23.1. The van der Waals surface area contributed by atoms with Crippen molar-refractivity contribution in [1.82, 2.24) is 5.32 Å². The quantitative estimate of drug-likeness (QED) is 0.501. The van der Waals surface area contributed by atoms with Gasteiger partial charge in [0.1, 0.15) is 5.75 Å². The Kier molecular flexibility index (Phi) is 7.36. The molecule has 0 spiro atoms. The van der Waals surface area contributed by atoms with E-state index in [-0.39, 0.29) is 24.1 Å². The maximum atomic E-state index is 13.4. The van der Waals surface area contributed by atoms with Crippen LogP contribution in [0.3, 0.4) is 0 Å². The minimum atomic E-state index is -3.41. The lowest BCUT2D eigenvalue weighted by molar-refractivity contribution is -0.127. The van der Waals surface area contributed by atoms with Gasteiger partial charge in [0.05, 0.1) is 18.0 Å². The topological polar surface area (TPSA) is 105 Å². The summed E-state index contributed by atoms with van der Waals surface area (Å²) in [7, 11) is -3.41. The van der Waals surface area contributed by atoms with Gasteiger partial charge in [0.25, 0.3) is 11.8 Å². The van der Waals surface area contributed by atoms with Crippen LogP contribution in [-0.4, -0.2) is 45.2 Å². The van der Waals surface area contributed by atoms with Crippen LogP contribution >= 0.6 is 0 Å². The number of nitrogens with zero attached hydrogens (tertiary/aromatic N) is 1. The van der Waals surface area contributed by atoms with Gasteiger partial charge in [-0.25, -0.2) is 8.42 Å². The Balaban J connectivity index is 1.47. The lowest BCUT2D eigenvalue weighted by atomic mass is 10.1. The van der Waals surface area contributed by atoms with E-state index in [1.54, 1.807) is 55.5 Å². The highest BCUT2D eigenvalue weighted by atomic mass is 32.2. The third kappa shape index (κ3) is 5.99. The van der Waals surface area contributed by atoms with Crippen LogP contribution in [0.25, 0.3) is 0 Å². The lowest BCUT2D eigenvalue weighted by Crippen LogP contribution is -2.51. The van der Waals surface area contributed by atoms with Gasteiger partial charge in [0.2, 0.25) is 10.0 Å². The Labute approximate surface area is 205 Å². The maximum absolute atomic E-state index is 13.4. The van der Waals surface area contributed by atoms with Gasteiger partial charge in [-0.15, -0.1) is 0 Å². The van der Waals surface area contributed by atoms with Crippen molar-refractivity contribution in [1.29, 1.82) is 0 Å². The average molecular weight is 494 g/mol. The standard InChI is InChI=1S/C26H27N3O5S/c1-2-35(32,33)28-21-14-12-20(13-15-21)26(31)29-18-24(34-23-11-7-6-10-22(23)29)25(30)27-17-16-19-8-4-3-5-9-19/h3-15,24,28H,2,16-18H2,1H3,(H,27,30)/t24-/m0/s1. The fourth-order valence-electron chi connectivity index (χ4n) is 3.74. The summed E-state index contributed by atoms with van der Waals surface area (Å²) in [6.45, 7) is 2.05. The first-order valence-electron chi connectivity index (χ1n) is 11.4. The number of ether oxygens (including phenoxy) is 1. The van der Waals surface area contributed by atoms with Gasteiger partial charge in [0.15, 0.2) is 6.10 Å². The zero-order valence-corrected chi connectivity index (χ0v) is 20.1. The third-order valence-electron chi connectivity index (χ3n) is 5.65. The molecular weight excluding hydrogens is 466 g/mol. The molecule has 182 valence electrons. The number of anilines is 2. The normalized spacial score (nSPS) is 15.0. The van der Waals surface area contributed by atoms with Crippen LogP contribution < -0.4 is 19.7 Å². The van der Waals surface area contributed by atoms with Crippen LogP contribution in [0.15, 0.2) is 78.9 Å². The highest BCUT2D eigenvalue weighted by Crippen LogP contribution is 2.34. The highest BCUT2D eigenvalue weighted by Gasteiger charge is 2.34. The molecule has 0 aliphatic carbocycles. The van der Waals surface area contributed by atoms with Gasteiger partial charge in [-0.2, -0.15) is 0 Å². The molecule has 0 unspecified atom stereocenters. The number of benzene rings is 3. The molecule has 0 bridgehead atoms. The predicted molar refractivity (Wildman–Crippen MR) is 135 cm³/mol. The van der Waals surface area contributed by atoms with Gasteiger partial charge in [-0.05, 0) is 55.3 Å². The highest BCUT2D eigenvalue weighted by molar-refractivity contribution is 7.92. The molecule has 1 heterocycles. The fourth-order valence-corrected chi connectivity index (χ4v) is 4.38. The molecule has 2 N–H and O–H groups in total. The molecule has 1 aliphatic heterocycles. The first kappa shape index (κ1) is 24.3. The van der Waals surface area contributed by atoms with Crippen molar-refractivity contribution in [2.24, 2.45) is 0 Å². The third-order valence-corrected chi connectivity index (χ3v) is 6.96. The zero-order valence-electron chi connectivity index (χ0n) is 19.3. The van der Waals surface area contributed by atoms with E-state index in [1.807, 2.05) is 30.3 Å². The molecule has 0 aromatic heterocycles. The van der Waals surface area contributed by atoms with E-state index in [2.05, 4.69) is 10.0 Å². The van der Waals surface area contributed by atoms with E-state index in [9.17, 15) is 18.0 Å². The molecule has 1 atom stereocenters. The predicted octanol–water partition coefficient (Wildman–Crippen LogP) is 3.21. The van der Waals surface area contributed by atoms with Crippen molar-refractivity contribution in [2.45, 2.75) is 19.4 Å². The molecule has 3 aromatic carbocycles. The summed E-state index contributed by atoms with van der Waals surface area (Å²) in [4.78, 5) is 27.8. The molecule has 35 heavy (non-hydrogen) atoms. The molecule has 2 amide bonds. The molecule has 0 saturated carbocycles. The van der Waals surface area contributed by atoms with Crippen LogP contribution in [0, 0.1) is 0 Å². The second-order valence-corrected chi connectivity index (χ2v) is 10.1. The molecule has 1 aliphatic rings. The maximum Gasteiger partial charge on any atom is 0.262 e. The van der Waals surface area contributed by atoms with Crippen molar-refractivity contribution >= 4 is 33.2 Å². The summed E-state index contributed by atoms with van der Waals surface area (Å²) in [5, 5.41) is 2.90. The summed E-state index contributed by atoms with van der Waals surface area (Å²) >= 11 is 0. The van der Waals surface area contributed by atoms with Gasteiger partial charge < -0.3 is 15.0 Å². The van der Waals surface area contributed by atoms with Crippen LogP contribution in [0.4, 0.5) is 11.4 Å². The molecule has 8 nitrogen and oxygen atoms in total. The average Bonchev–Trinajstić information content (AvgIpc) is 2.88. The van der Waals surface area contributed by atoms with Crippen LogP contribution in [0.5, 0.6) is 5.75 Å². The lowest BCUT2D eigenvalue weighted by Gasteiger charge is -2.34. The molecule has 0 radical (unpaired) electrons. The Morgan fingerprint density at radius 1 is 0.971 bits per heavy atom. The Morgan fingerprint density at radius 3 is 2.37 bits per heavy atom. The van der Waals surface area contributed by atoms with Gasteiger partial charge in [-0.1, -0.05) is 42.5 Å². The number of hydrogen-bond donors (Lipinski definition) is 2. The first-order valence-corrected chi connectivity index (χ1v) is 13.0. The summed E-state index contributed by atoms with van der Waals surface area (Å²) in [6.07, 6.45) is -0.174. The Morgan fingerprint density at radius 2 is 1.66 bits per heavy atom. The van der Waals surface area contributed by atoms with Gasteiger partial charge in [-0.3, -0.25) is 14.3 Å². The summed E-state index contributed by atoms with van der Waals surface area (Å²) in [5.41, 5.74) is 2.43. The second kappa shape index (κ2) is 10.6. The minimum absolute atomic E-state index is 0.0486. The van der Waals surface area contributed by atoms with E-state index in [1.165, 1.54) is 4.90 Å². The molecular formula is C26H27N3O5S. The Bertz CT molecular complexity index is 1290. The van der Waals surface area contributed by atoms with E-state index < -0.39 is 16.1 Å². The smallest absolute Gasteiger partial charge is 0.262 e. The molecule has 3 aromatic rings. The summed E-state index contributed by atoms with van der Waals surface area (Å²) in [5.74, 6) is -0.208. The minimum Gasteiger partial charge on any atom is -0.477 e. The van der Waals surface area contributed by atoms with Gasteiger partial charge >= 0.3 is 0 Å². The number of hydrogen-bond acceptors (Lipinski definition) is 5.